The molecule has 1 aliphatic rings. The Morgan fingerprint density at radius 3 is 3.15 bits per heavy atom. The minimum absolute atomic E-state index is 0.0633. The van der Waals surface area contributed by atoms with Crippen molar-refractivity contribution in [3.8, 4) is 0 Å². The summed E-state index contributed by atoms with van der Waals surface area (Å²) in [6.45, 7) is 5.37. The molecule has 2 rings (SSSR count). The van der Waals surface area contributed by atoms with Gasteiger partial charge in [0.2, 0.25) is 0 Å². The van der Waals surface area contributed by atoms with Crippen LogP contribution in [0.15, 0.2) is 6.20 Å². The van der Waals surface area contributed by atoms with E-state index in [4.69, 9.17) is 5.73 Å². The fraction of sp³-hybridized carbons (Fsp3) is 0.700. The summed E-state index contributed by atoms with van der Waals surface area (Å²) < 4.78 is 2.25. The topological polar surface area (TPSA) is 43.8 Å². The average molecular weight is 179 g/mol. The molecule has 0 bridgehead atoms. The molecule has 0 fully saturated rings. The van der Waals surface area contributed by atoms with Crippen LogP contribution in [-0.4, -0.2) is 9.55 Å². The molecule has 1 aromatic heterocycles. The highest BCUT2D eigenvalue weighted by atomic mass is 15.1. The molecule has 0 amide bonds. The number of fused-ring (bicyclic) bond motifs is 1. The van der Waals surface area contributed by atoms with Crippen LogP contribution < -0.4 is 5.73 Å². The number of hydrogen-bond acceptors (Lipinski definition) is 2. The lowest BCUT2D eigenvalue weighted by molar-refractivity contribution is 0.409. The lowest BCUT2D eigenvalue weighted by atomic mass is 10.0. The van der Waals surface area contributed by atoms with Crippen molar-refractivity contribution in [2.75, 3.05) is 0 Å². The highest BCUT2D eigenvalue weighted by molar-refractivity contribution is 5.09. The predicted octanol–water partition coefficient (Wildman–Crippen LogP) is 1.49. The van der Waals surface area contributed by atoms with Gasteiger partial charge in [-0.2, -0.15) is 0 Å². The highest BCUT2D eigenvalue weighted by Crippen LogP contribution is 2.21. The first-order chi connectivity index (χ1) is 6.16. The van der Waals surface area contributed by atoms with Gasteiger partial charge in [-0.15, -0.1) is 0 Å². The Balaban J connectivity index is 2.28. The zero-order valence-corrected chi connectivity index (χ0v) is 8.33. The Bertz CT molecular complexity index is 301. The normalized spacial score (nSPS) is 24.1. The van der Waals surface area contributed by atoms with E-state index in [1.165, 1.54) is 12.2 Å². The van der Waals surface area contributed by atoms with Gasteiger partial charge in [-0.25, -0.2) is 4.98 Å². The zero-order valence-electron chi connectivity index (χ0n) is 8.33. The summed E-state index contributed by atoms with van der Waals surface area (Å²) >= 11 is 0. The van der Waals surface area contributed by atoms with Crippen molar-refractivity contribution in [3.63, 3.8) is 0 Å². The van der Waals surface area contributed by atoms with E-state index in [0.29, 0.717) is 0 Å². The fourth-order valence-electron chi connectivity index (χ4n) is 1.83. The molecule has 1 aliphatic heterocycles. The van der Waals surface area contributed by atoms with Crippen molar-refractivity contribution in [1.82, 2.24) is 9.55 Å². The molecule has 13 heavy (non-hydrogen) atoms. The third-order valence-electron chi connectivity index (χ3n) is 2.74. The van der Waals surface area contributed by atoms with E-state index >= 15 is 0 Å². The van der Waals surface area contributed by atoms with Gasteiger partial charge in [0.25, 0.3) is 0 Å². The van der Waals surface area contributed by atoms with Crippen LogP contribution in [0.5, 0.6) is 0 Å². The van der Waals surface area contributed by atoms with Crippen LogP contribution in [0, 0.1) is 5.92 Å². The van der Waals surface area contributed by atoms with Crippen LogP contribution in [0.1, 0.15) is 37.8 Å². The second-order valence-electron chi connectivity index (χ2n) is 4.16. The molecule has 0 saturated carbocycles. The second kappa shape index (κ2) is 3.14. The molecular weight excluding hydrogens is 162 g/mol. The van der Waals surface area contributed by atoms with Crippen LogP contribution in [0.4, 0.5) is 0 Å². The molecule has 2 atom stereocenters. The van der Waals surface area contributed by atoms with E-state index in [1.807, 2.05) is 6.92 Å². The van der Waals surface area contributed by atoms with Crippen LogP contribution in [0.3, 0.4) is 0 Å². The van der Waals surface area contributed by atoms with Gasteiger partial charge < -0.3 is 10.3 Å². The smallest absolute Gasteiger partial charge is 0.109 e. The molecular formula is C10H17N3. The summed E-state index contributed by atoms with van der Waals surface area (Å²) in [4.78, 5) is 4.54. The van der Waals surface area contributed by atoms with E-state index in [0.717, 1.165) is 24.6 Å². The van der Waals surface area contributed by atoms with Crippen molar-refractivity contribution in [2.45, 2.75) is 39.3 Å². The van der Waals surface area contributed by atoms with E-state index < -0.39 is 0 Å². The molecule has 0 radical (unpaired) electrons. The number of aromatic nitrogens is 2. The Labute approximate surface area is 79.0 Å². The van der Waals surface area contributed by atoms with Crippen molar-refractivity contribution in [3.05, 3.63) is 17.7 Å². The average Bonchev–Trinajstić information content (AvgIpc) is 2.46. The third-order valence-corrected chi connectivity index (χ3v) is 2.74. The Hall–Kier alpha value is -0.830. The van der Waals surface area contributed by atoms with Gasteiger partial charge >= 0.3 is 0 Å². The van der Waals surface area contributed by atoms with E-state index in [2.05, 4.69) is 22.7 Å². The van der Waals surface area contributed by atoms with Gasteiger partial charge in [-0.1, -0.05) is 6.92 Å². The molecule has 0 aromatic carbocycles. The maximum Gasteiger partial charge on any atom is 0.109 e. The molecule has 2 heterocycles. The monoisotopic (exact) mass is 179 g/mol. The minimum Gasteiger partial charge on any atom is -0.335 e. The highest BCUT2D eigenvalue weighted by Gasteiger charge is 2.18. The fourth-order valence-corrected chi connectivity index (χ4v) is 1.83. The van der Waals surface area contributed by atoms with Crippen molar-refractivity contribution in [1.29, 1.82) is 0 Å². The van der Waals surface area contributed by atoms with E-state index in [-0.39, 0.29) is 6.04 Å². The maximum absolute atomic E-state index is 5.78. The Morgan fingerprint density at radius 1 is 1.69 bits per heavy atom. The summed E-state index contributed by atoms with van der Waals surface area (Å²) in [7, 11) is 0. The first-order valence-electron chi connectivity index (χ1n) is 4.98. The molecule has 2 N–H and O–H groups in total. The molecule has 72 valence electrons. The molecule has 0 saturated heterocycles. The van der Waals surface area contributed by atoms with Gasteiger partial charge in [0.1, 0.15) is 5.82 Å². The minimum atomic E-state index is 0.0633. The van der Waals surface area contributed by atoms with Gasteiger partial charge in [-0.3, -0.25) is 0 Å². The van der Waals surface area contributed by atoms with Crippen molar-refractivity contribution in [2.24, 2.45) is 11.7 Å². The predicted molar refractivity (Wildman–Crippen MR) is 52.3 cm³/mol. The van der Waals surface area contributed by atoms with Gasteiger partial charge in [0.15, 0.2) is 0 Å². The third kappa shape index (κ3) is 1.61. The second-order valence-corrected chi connectivity index (χ2v) is 4.16. The lowest BCUT2D eigenvalue weighted by Gasteiger charge is -2.18. The molecule has 2 unspecified atom stereocenters. The van der Waals surface area contributed by atoms with Gasteiger partial charge in [0, 0.05) is 25.2 Å². The van der Waals surface area contributed by atoms with Gasteiger partial charge in [-0.05, 0) is 19.3 Å². The van der Waals surface area contributed by atoms with Crippen LogP contribution in [0.25, 0.3) is 0 Å². The molecule has 0 spiro atoms. The molecule has 1 aromatic rings. The van der Waals surface area contributed by atoms with Crippen LogP contribution in [-0.2, 0) is 13.0 Å². The summed E-state index contributed by atoms with van der Waals surface area (Å²) in [5.74, 6) is 1.99. The first kappa shape index (κ1) is 8.75. The summed E-state index contributed by atoms with van der Waals surface area (Å²) in [5.41, 5.74) is 6.82. The number of nitrogens with two attached hydrogens (primary N) is 1. The molecule has 3 nitrogen and oxygen atoms in total. The first-order valence-corrected chi connectivity index (χ1v) is 4.98. The van der Waals surface area contributed by atoms with E-state index in [1.54, 1.807) is 0 Å². The zero-order chi connectivity index (χ0) is 9.42. The lowest BCUT2D eigenvalue weighted by Crippen LogP contribution is -2.16. The standard InChI is InChI=1S/C10H17N3/c1-7-3-4-13-6-9(8(2)11)12-10(13)5-7/h6-8H,3-5,11H2,1-2H3. The number of aryl methyl sites for hydroxylation is 1. The Morgan fingerprint density at radius 2 is 2.46 bits per heavy atom. The van der Waals surface area contributed by atoms with Crippen LogP contribution in [0.2, 0.25) is 0 Å². The maximum atomic E-state index is 5.78. The Kier molecular flexibility index (Phi) is 2.12. The largest absolute Gasteiger partial charge is 0.335 e. The van der Waals surface area contributed by atoms with Gasteiger partial charge in [0.05, 0.1) is 5.69 Å². The van der Waals surface area contributed by atoms with Crippen molar-refractivity contribution >= 4 is 0 Å². The molecule has 0 aliphatic carbocycles. The number of imidazole rings is 1. The summed E-state index contributed by atoms with van der Waals surface area (Å²) in [5, 5.41) is 0. The number of rotatable bonds is 1. The van der Waals surface area contributed by atoms with Crippen LogP contribution >= 0.6 is 0 Å². The SMILES string of the molecule is CC1CCn2cc(C(C)N)nc2C1. The molecule has 3 heteroatoms. The number of nitrogens with zero attached hydrogens (tertiary/aromatic N) is 2. The quantitative estimate of drug-likeness (QED) is 0.709. The number of hydrogen-bond donors (Lipinski definition) is 1. The summed E-state index contributed by atoms with van der Waals surface area (Å²) in [6.07, 6.45) is 4.47. The van der Waals surface area contributed by atoms with E-state index in [9.17, 15) is 0 Å². The summed E-state index contributed by atoms with van der Waals surface area (Å²) in [6, 6.07) is 0.0633. The van der Waals surface area contributed by atoms with Crippen molar-refractivity contribution < 1.29 is 0 Å².